The van der Waals surface area contributed by atoms with Gasteiger partial charge in [-0.2, -0.15) is 5.10 Å². The molecule has 11 nitrogen and oxygen atoms in total. The standard InChI is InChI=1S/C32H37N7O4S/c1-31(2,3)43-30(42)38-14-7-10-19(17-38)36-29(41)27-24-23-20(11-12-21(33)26(23)44-27)32(35,28(40)25(24)34)22-13-15-39(37-22)16-18-8-5-4-6-9-18/h4-6,8-9,11-13,15,19,25H,7,10,14,16-17,33-35H2,1-3H3,(H,36,41)/t19-,25-,32-/m1/s1. The smallest absolute Gasteiger partial charge is 0.410 e. The molecule has 2 amide bonds. The Morgan fingerprint density at radius 1 is 1.16 bits per heavy atom. The molecule has 3 atom stereocenters. The average Bonchev–Trinajstić information content (AvgIpc) is 3.62. The number of Topliss-reactive ketones (excluding diaryl/α,β-unsaturated/α-hetero) is 1. The number of rotatable bonds is 5. The van der Waals surface area contributed by atoms with Gasteiger partial charge >= 0.3 is 6.09 Å². The Balaban J connectivity index is 1.32. The molecular formula is C32H37N7O4S. The Labute approximate surface area is 259 Å². The molecule has 0 spiro atoms. The molecule has 0 radical (unpaired) electrons. The molecule has 4 aromatic rings. The maximum atomic E-state index is 14.1. The van der Waals surface area contributed by atoms with Crippen LogP contribution in [0.5, 0.6) is 0 Å². The van der Waals surface area contributed by atoms with E-state index in [0.29, 0.717) is 69.9 Å². The van der Waals surface area contributed by atoms with Crippen LogP contribution >= 0.6 is 11.3 Å². The van der Waals surface area contributed by atoms with E-state index in [1.807, 2.05) is 51.1 Å². The number of carbonyl (C=O) groups is 3. The van der Waals surface area contributed by atoms with Gasteiger partial charge in [-0.25, -0.2) is 4.79 Å². The van der Waals surface area contributed by atoms with E-state index < -0.39 is 29.1 Å². The zero-order valence-corrected chi connectivity index (χ0v) is 25.8. The van der Waals surface area contributed by atoms with E-state index >= 15 is 0 Å². The monoisotopic (exact) mass is 615 g/mol. The van der Waals surface area contributed by atoms with Crippen LogP contribution < -0.4 is 22.5 Å². The van der Waals surface area contributed by atoms with Crippen LogP contribution in [-0.4, -0.2) is 57.2 Å². The molecule has 1 saturated heterocycles. The molecule has 1 fully saturated rings. The second-order valence-electron chi connectivity index (χ2n) is 12.5. The lowest BCUT2D eigenvalue weighted by Crippen LogP contribution is -2.53. The number of hydrogen-bond acceptors (Lipinski definition) is 9. The van der Waals surface area contributed by atoms with E-state index in [9.17, 15) is 14.4 Å². The lowest BCUT2D eigenvalue weighted by molar-refractivity contribution is -0.124. The molecule has 2 aromatic heterocycles. The maximum absolute atomic E-state index is 14.1. The van der Waals surface area contributed by atoms with Crippen molar-refractivity contribution in [3.8, 4) is 0 Å². The number of ether oxygens (including phenoxy) is 1. The quantitative estimate of drug-likeness (QED) is 0.247. The summed E-state index contributed by atoms with van der Waals surface area (Å²) in [7, 11) is 0. The molecule has 6 rings (SSSR count). The molecule has 2 aromatic carbocycles. The fraction of sp³-hybridized carbons (Fsp3) is 0.375. The van der Waals surface area contributed by atoms with Gasteiger partial charge in [0.15, 0.2) is 5.78 Å². The molecule has 0 bridgehead atoms. The number of anilines is 1. The summed E-state index contributed by atoms with van der Waals surface area (Å²) in [4.78, 5) is 42.5. The number of nitrogens with zero attached hydrogens (tertiary/aromatic N) is 3. The molecule has 0 saturated carbocycles. The predicted molar refractivity (Wildman–Crippen MR) is 169 cm³/mol. The van der Waals surface area contributed by atoms with Crippen molar-refractivity contribution in [1.29, 1.82) is 0 Å². The summed E-state index contributed by atoms with van der Waals surface area (Å²) in [5.41, 5.74) is 20.6. The minimum absolute atomic E-state index is 0.296. The second kappa shape index (κ2) is 11.0. The number of benzene rings is 2. The van der Waals surface area contributed by atoms with Crippen molar-refractivity contribution in [1.82, 2.24) is 20.0 Å². The summed E-state index contributed by atoms with van der Waals surface area (Å²) >= 11 is 1.19. The van der Waals surface area contributed by atoms with Crippen LogP contribution in [-0.2, 0) is 21.6 Å². The van der Waals surface area contributed by atoms with E-state index in [1.54, 1.807) is 34.0 Å². The predicted octanol–water partition coefficient (Wildman–Crippen LogP) is 3.64. The van der Waals surface area contributed by atoms with Gasteiger partial charge in [-0.3, -0.25) is 14.3 Å². The van der Waals surface area contributed by atoms with Crippen LogP contribution in [0.2, 0.25) is 0 Å². The van der Waals surface area contributed by atoms with E-state index in [1.165, 1.54) is 11.3 Å². The van der Waals surface area contributed by atoms with Crippen molar-refractivity contribution in [3.05, 3.63) is 82.0 Å². The number of hydrogen-bond donors (Lipinski definition) is 4. The van der Waals surface area contributed by atoms with E-state index in [4.69, 9.17) is 27.0 Å². The van der Waals surface area contributed by atoms with Gasteiger partial charge in [0.05, 0.1) is 27.9 Å². The highest BCUT2D eigenvalue weighted by atomic mass is 32.1. The van der Waals surface area contributed by atoms with Crippen LogP contribution in [0.4, 0.5) is 10.5 Å². The van der Waals surface area contributed by atoms with Gasteiger partial charge in [-0.1, -0.05) is 36.4 Å². The first kappa shape index (κ1) is 29.8. The van der Waals surface area contributed by atoms with Crippen LogP contribution in [0.3, 0.4) is 0 Å². The molecular weight excluding hydrogens is 578 g/mol. The number of ketones is 1. The van der Waals surface area contributed by atoms with Gasteiger partial charge in [-0.05, 0) is 56.9 Å². The third kappa shape index (κ3) is 5.23. The third-order valence-corrected chi connectivity index (χ3v) is 9.41. The lowest BCUT2D eigenvalue weighted by Gasteiger charge is -2.35. The van der Waals surface area contributed by atoms with Crippen LogP contribution in [0.25, 0.3) is 10.1 Å². The summed E-state index contributed by atoms with van der Waals surface area (Å²) in [5, 5.41) is 8.38. The van der Waals surface area contributed by atoms with Crippen molar-refractivity contribution in [2.75, 3.05) is 18.8 Å². The van der Waals surface area contributed by atoms with E-state index in [2.05, 4.69) is 5.32 Å². The fourth-order valence-corrected chi connectivity index (χ4v) is 7.29. The second-order valence-corrected chi connectivity index (χ2v) is 13.5. The Hall–Kier alpha value is -4.26. The first-order valence-electron chi connectivity index (χ1n) is 14.7. The lowest BCUT2D eigenvalue weighted by atomic mass is 9.72. The highest BCUT2D eigenvalue weighted by Gasteiger charge is 2.50. The number of nitrogens with one attached hydrogen (secondary N) is 1. The fourth-order valence-electron chi connectivity index (χ4n) is 6.08. The molecule has 1 aliphatic heterocycles. The van der Waals surface area contributed by atoms with Crippen molar-refractivity contribution in [2.45, 2.75) is 63.4 Å². The third-order valence-electron chi connectivity index (χ3n) is 8.16. The number of piperidine rings is 1. The van der Waals surface area contributed by atoms with Gasteiger partial charge in [0.2, 0.25) is 0 Å². The van der Waals surface area contributed by atoms with Gasteiger partial charge in [0.25, 0.3) is 5.91 Å². The topological polar surface area (TPSA) is 172 Å². The average molecular weight is 616 g/mol. The highest BCUT2D eigenvalue weighted by molar-refractivity contribution is 7.21. The minimum atomic E-state index is -1.63. The zero-order chi connectivity index (χ0) is 31.4. The van der Waals surface area contributed by atoms with Crippen LogP contribution in [0.1, 0.15) is 71.7 Å². The van der Waals surface area contributed by atoms with Crippen LogP contribution in [0, 0.1) is 0 Å². The molecule has 0 unspecified atom stereocenters. The summed E-state index contributed by atoms with van der Waals surface area (Å²) in [6.45, 7) is 6.83. The molecule has 230 valence electrons. The number of aromatic nitrogens is 2. The molecule has 2 aliphatic rings. The number of nitrogens with two attached hydrogens (primary N) is 3. The zero-order valence-electron chi connectivity index (χ0n) is 25.0. The number of nitrogen functional groups attached to an aromatic ring is 1. The molecule has 7 N–H and O–H groups in total. The summed E-state index contributed by atoms with van der Waals surface area (Å²) < 4.78 is 7.91. The largest absolute Gasteiger partial charge is 0.444 e. The summed E-state index contributed by atoms with van der Waals surface area (Å²) in [5.74, 6) is -0.829. The minimum Gasteiger partial charge on any atom is -0.444 e. The first-order chi connectivity index (χ1) is 20.9. The molecule has 3 heterocycles. The van der Waals surface area contributed by atoms with Crippen molar-refractivity contribution < 1.29 is 19.1 Å². The SMILES string of the molecule is CC(C)(C)OC(=O)N1CCC[C@@H](NC(=O)c2sc3c(N)ccc4c3c2[C@@H](N)C(=O)[C@]4(N)c2ccn(Cc3ccccc3)n2)C1. The van der Waals surface area contributed by atoms with E-state index in [0.717, 1.165) is 5.56 Å². The number of thiophene rings is 1. The number of carbonyl (C=O) groups excluding carboxylic acids is 3. The normalized spacial score (nSPS) is 21.8. The Morgan fingerprint density at radius 2 is 1.91 bits per heavy atom. The molecule has 1 aliphatic carbocycles. The number of likely N-dealkylation sites (tertiary alicyclic amines) is 1. The summed E-state index contributed by atoms with van der Waals surface area (Å²) in [6.07, 6.45) is 2.78. The van der Waals surface area contributed by atoms with Gasteiger partial charge in [0.1, 0.15) is 11.1 Å². The Bertz CT molecular complexity index is 1760. The van der Waals surface area contributed by atoms with Gasteiger partial charge in [0, 0.05) is 42.0 Å². The van der Waals surface area contributed by atoms with Crippen molar-refractivity contribution >= 4 is 44.9 Å². The first-order valence-corrected chi connectivity index (χ1v) is 15.5. The van der Waals surface area contributed by atoms with Crippen molar-refractivity contribution in [2.24, 2.45) is 11.5 Å². The van der Waals surface area contributed by atoms with Crippen LogP contribution in [0.15, 0.2) is 54.7 Å². The molecule has 12 heteroatoms. The maximum Gasteiger partial charge on any atom is 0.410 e. The Morgan fingerprint density at radius 3 is 2.64 bits per heavy atom. The number of amides is 2. The van der Waals surface area contributed by atoms with E-state index in [-0.39, 0.29) is 11.9 Å². The Kier molecular flexibility index (Phi) is 7.47. The highest BCUT2D eigenvalue weighted by Crippen LogP contribution is 2.49. The molecule has 44 heavy (non-hydrogen) atoms. The van der Waals surface area contributed by atoms with Gasteiger partial charge in [-0.15, -0.1) is 11.3 Å². The van der Waals surface area contributed by atoms with Gasteiger partial charge < -0.3 is 32.2 Å². The van der Waals surface area contributed by atoms with Crippen molar-refractivity contribution in [3.63, 3.8) is 0 Å². The summed E-state index contributed by atoms with van der Waals surface area (Å²) in [6, 6.07) is 13.5.